The van der Waals surface area contributed by atoms with Gasteiger partial charge in [-0.2, -0.15) is 0 Å². The summed E-state index contributed by atoms with van der Waals surface area (Å²) in [5.41, 5.74) is -3.45. The molecule has 1 spiro atoms. The molecule has 4 saturated carbocycles. The normalized spacial score (nSPS) is 50.7. The Bertz CT molecular complexity index is 759. The summed E-state index contributed by atoms with van der Waals surface area (Å²) in [5, 5.41) is 41.6. The highest BCUT2D eigenvalue weighted by Gasteiger charge is 2.81. The maximum atomic E-state index is 12.7. The molecule has 27 heavy (non-hydrogen) atoms. The second-order valence-corrected chi connectivity index (χ2v) is 9.34. The molecule has 148 valence electrons. The molecule has 0 amide bonds. The summed E-state index contributed by atoms with van der Waals surface area (Å²) in [7, 11) is 0. The van der Waals surface area contributed by atoms with E-state index in [0.29, 0.717) is 31.3 Å². The molecular formula is C20H26O7. The number of carbonyl (C=O) groups is 3. The lowest BCUT2D eigenvalue weighted by molar-refractivity contribution is -0.177. The van der Waals surface area contributed by atoms with E-state index in [9.17, 15) is 34.8 Å². The fraction of sp³-hybridized carbons (Fsp3) is 0.750. The van der Waals surface area contributed by atoms with E-state index in [1.165, 1.54) is 6.92 Å². The zero-order valence-corrected chi connectivity index (χ0v) is 15.4. The van der Waals surface area contributed by atoms with Crippen molar-refractivity contribution in [1.29, 1.82) is 0 Å². The molecule has 4 aliphatic carbocycles. The van der Waals surface area contributed by atoms with Gasteiger partial charge in [-0.3, -0.25) is 14.4 Å². The van der Waals surface area contributed by atoms with Gasteiger partial charge in [-0.1, -0.05) is 13.0 Å². The van der Waals surface area contributed by atoms with E-state index in [1.54, 1.807) is 0 Å². The molecule has 4 N–H and O–H groups in total. The molecule has 0 saturated heterocycles. The first-order chi connectivity index (χ1) is 12.5. The van der Waals surface area contributed by atoms with Crippen molar-refractivity contribution >= 4 is 17.9 Å². The minimum atomic E-state index is -1.45. The smallest absolute Gasteiger partial charge is 0.310 e. The lowest BCUT2D eigenvalue weighted by Crippen LogP contribution is -2.54. The third-order valence-corrected chi connectivity index (χ3v) is 8.65. The van der Waals surface area contributed by atoms with Crippen molar-refractivity contribution in [2.24, 2.45) is 39.9 Å². The van der Waals surface area contributed by atoms with Crippen LogP contribution in [0.3, 0.4) is 0 Å². The largest absolute Gasteiger partial charge is 0.481 e. The lowest BCUT2D eigenvalue weighted by atomic mass is 9.52. The van der Waals surface area contributed by atoms with Crippen LogP contribution in [0.15, 0.2) is 12.2 Å². The van der Waals surface area contributed by atoms with Gasteiger partial charge in [0.05, 0.1) is 22.9 Å². The minimum absolute atomic E-state index is 0.0276. The van der Waals surface area contributed by atoms with Gasteiger partial charge in [-0.25, -0.2) is 0 Å². The van der Waals surface area contributed by atoms with Gasteiger partial charge in [0.2, 0.25) is 0 Å². The van der Waals surface area contributed by atoms with E-state index >= 15 is 0 Å². The molecule has 7 nitrogen and oxygen atoms in total. The number of fused-ring (bicyclic) bond motifs is 3. The summed E-state index contributed by atoms with van der Waals surface area (Å²) in [6, 6.07) is 0. The number of rotatable bonds is 3. The van der Waals surface area contributed by atoms with E-state index in [0.717, 1.165) is 0 Å². The predicted octanol–water partition coefficient (Wildman–Crippen LogP) is 2.00. The third kappa shape index (κ3) is 1.84. The van der Waals surface area contributed by atoms with Crippen LogP contribution in [0.4, 0.5) is 0 Å². The Kier molecular flexibility index (Phi) is 3.65. The Morgan fingerprint density at radius 2 is 1.74 bits per heavy atom. The zero-order valence-electron chi connectivity index (χ0n) is 15.4. The molecule has 0 aromatic rings. The molecule has 0 unspecified atom stereocenters. The summed E-state index contributed by atoms with van der Waals surface area (Å²) < 4.78 is 0. The number of hydrogen-bond donors (Lipinski definition) is 4. The molecule has 0 aromatic heterocycles. The fourth-order valence-corrected chi connectivity index (χ4v) is 7.74. The summed E-state index contributed by atoms with van der Waals surface area (Å²) in [6.07, 6.45) is 1.37. The SMILES string of the molecule is C=C1[C@@H]2CC[C@H]3[C@]4(C(=O)O)CCC[C@@](C)(C(=O)O)[C@H]4[C@H](C(=O)O)[C@]3(C2)[C@@H]1O. The van der Waals surface area contributed by atoms with Crippen LogP contribution < -0.4 is 0 Å². The Balaban J connectivity index is 2.03. The van der Waals surface area contributed by atoms with Crippen LogP contribution in [0.1, 0.15) is 45.4 Å². The highest BCUT2D eigenvalue weighted by Crippen LogP contribution is 2.77. The number of carboxylic acids is 3. The first-order valence-corrected chi connectivity index (χ1v) is 9.61. The van der Waals surface area contributed by atoms with E-state index in [1.807, 2.05) is 0 Å². The van der Waals surface area contributed by atoms with Crippen molar-refractivity contribution in [1.82, 2.24) is 0 Å². The Labute approximate surface area is 157 Å². The monoisotopic (exact) mass is 378 g/mol. The molecule has 4 fully saturated rings. The Morgan fingerprint density at radius 3 is 2.30 bits per heavy atom. The maximum absolute atomic E-state index is 12.7. The number of carboxylic acid groups (broad SMARTS) is 3. The molecule has 2 bridgehead atoms. The van der Waals surface area contributed by atoms with E-state index in [4.69, 9.17) is 0 Å². The van der Waals surface area contributed by atoms with Gasteiger partial charge in [-0.15, -0.1) is 0 Å². The average Bonchev–Trinajstić information content (AvgIpc) is 2.99. The molecular weight excluding hydrogens is 352 g/mol. The van der Waals surface area contributed by atoms with Crippen LogP contribution in [0.25, 0.3) is 0 Å². The van der Waals surface area contributed by atoms with Crippen molar-refractivity contribution < 1.29 is 34.8 Å². The van der Waals surface area contributed by atoms with Crippen LogP contribution in [-0.2, 0) is 14.4 Å². The quantitative estimate of drug-likeness (QED) is 0.552. The van der Waals surface area contributed by atoms with Crippen LogP contribution in [-0.4, -0.2) is 44.4 Å². The Hall–Kier alpha value is -1.89. The van der Waals surface area contributed by atoms with Gasteiger partial charge in [0, 0.05) is 11.3 Å². The zero-order chi connectivity index (χ0) is 19.9. The molecule has 8 atom stereocenters. The van der Waals surface area contributed by atoms with Gasteiger partial charge in [-0.05, 0) is 56.4 Å². The number of aliphatic hydroxyl groups excluding tert-OH is 1. The van der Waals surface area contributed by atoms with Crippen LogP contribution in [0.5, 0.6) is 0 Å². The van der Waals surface area contributed by atoms with E-state index < -0.39 is 58.0 Å². The molecule has 0 heterocycles. The number of hydrogen-bond acceptors (Lipinski definition) is 4. The molecule has 0 aliphatic heterocycles. The van der Waals surface area contributed by atoms with Gasteiger partial charge in [0.25, 0.3) is 0 Å². The van der Waals surface area contributed by atoms with Crippen LogP contribution in [0.2, 0.25) is 0 Å². The van der Waals surface area contributed by atoms with Crippen LogP contribution in [0, 0.1) is 39.9 Å². The third-order valence-electron chi connectivity index (χ3n) is 8.65. The predicted molar refractivity (Wildman–Crippen MR) is 92.7 cm³/mol. The van der Waals surface area contributed by atoms with E-state index in [2.05, 4.69) is 6.58 Å². The highest BCUT2D eigenvalue weighted by atomic mass is 16.4. The first-order valence-electron chi connectivity index (χ1n) is 9.61. The van der Waals surface area contributed by atoms with E-state index in [-0.39, 0.29) is 18.8 Å². The molecule has 7 heteroatoms. The number of aliphatic carboxylic acids is 3. The summed E-state index contributed by atoms with van der Waals surface area (Å²) >= 11 is 0. The summed E-state index contributed by atoms with van der Waals surface area (Å²) in [6.45, 7) is 5.47. The molecule has 4 aliphatic rings. The topological polar surface area (TPSA) is 132 Å². The highest BCUT2D eigenvalue weighted by molar-refractivity contribution is 5.86. The minimum Gasteiger partial charge on any atom is -0.481 e. The van der Waals surface area contributed by atoms with Gasteiger partial charge in [0.1, 0.15) is 0 Å². The van der Waals surface area contributed by atoms with Crippen molar-refractivity contribution in [3.05, 3.63) is 12.2 Å². The van der Waals surface area contributed by atoms with Crippen molar-refractivity contribution in [3.8, 4) is 0 Å². The van der Waals surface area contributed by atoms with Crippen molar-refractivity contribution in [2.45, 2.75) is 51.6 Å². The standard InChI is InChI=1S/C20H26O7/c1-9-10-4-5-11-19(17(26)27)7-3-6-18(2,16(24)25)13(19)12(15(22)23)20(11,8-10)14(9)21/h10-14,21H,1,3-8H2,2H3,(H,22,23)(H,24,25)(H,26,27)/t10-,11+,12-,13-,14-,18-,19-,20-/m1/s1. The average molecular weight is 378 g/mol. The van der Waals surface area contributed by atoms with Crippen molar-refractivity contribution in [3.63, 3.8) is 0 Å². The number of aliphatic hydroxyl groups is 1. The van der Waals surface area contributed by atoms with Gasteiger partial charge < -0.3 is 20.4 Å². The summed E-state index contributed by atoms with van der Waals surface area (Å²) in [4.78, 5) is 37.4. The molecule has 0 aromatic carbocycles. The first kappa shape index (κ1) is 18.5. The fourth-order valence-electron chi connectivity index (χ4n) is 7.74. The van der Waals surface area contributed by atoms with Gasteiger partial charge >= 0.3 is 17.9 Å². The second kappa shape index (κ2) is 5.34. The Morgan fingerprint density at radius 1 is 1.07 bits per heavy atom. The molecule has 0 radical (unpaired) electrons. The summed E-state index contributed by atoms with van der Waals surface area (Å²) in [5.74, 6) is -6.32. The van der Waals surface area contributed by atoms with Crippen LogP contribution >= 0.6 is 0 Å². The van der Waals surface area contributed by atoms with Crippen molar-refractivity contribution in [2.75, 3.05) is 0 Å². The second-order valence-electron chi connectivity index (χ2n) is 9.34. The van der Waals surface area contributed by atoms with Gasteiger partial charge in [0.15, 0.2) is 0 Å². The lowest BCUT2D eigenvalue weighted by Gasteiger charge is -2.49. The maximum Gasteiger partial charge on any atom is 0.310 e. The molecule has 4 rings (SSSR count).